The van der Waals surface area contributed by atoms with Crippen molar-refractivity contribution in [3.05, 3.63) is 58.6 Å². The van der Waals surface area contributed by atoms with Crippen molar-refractivity contribution in [2.45, 2.75) is 26.7 Å². The van der Waals surface area contributed by atoms with Crippen LogP contribution in [0.1, 0.15) is 35.7 Å². The van der Waals surface area contributed by atoms with Gasteiger partial charge in [0.15, 0.2) is 0 Å². The number of carbonyl (C=O) groups is 2. The fourth-order valence-corrected chi connectivity index (χ4v) is 2.50. The first-order chi connectivity index (χ1) is 12.5. The number of ether oxygens (including phenoxy) is 1. The van der Waals surface area contributed by atoms with Crippen LogP contribution in [0.15, 0.2) is 42.5 Å². The van der Waals surface area contributed by atoms with Crippen LogP contribution in [-0.2, 0) is 4.79 Å². The summed E-state index contributed by atoms with van der Waals surface area (Å²) in [5.74, 6) is 0.0561. The van der Waals surface area contributed by atoms with E-state index in [0.717, 1.165) is 24.2 Å². The maximum Gasteiger partial charge on any atom is 0.251 e. The summed E-state index contributed by atoms with van der Waals surface area (Å²) in [6, 6.07) is 12.2. The smallest absolute Gasteiger partial charge is 0.251 e. The third kappa shape index (κ3) is 6.08. The van der Waals surface area contributed by atoms with Crippen molar-refractivity contribution in [3.63, 3.8) is 0 Å². The molecule has 0 aliphatic heterocycles. The molecule has 2 aromatic rings. The van der Waals surface area contributed by atoms with E-state index in [9.17, 15) is 9.59 Å². The maximum absolute atomic E-state index is 12.1. The Balaban J connectivity index is 1.82. The highest BCUT2D eigenvalue weighted by molar-refractivity contribution is 6.33. The number of halogens is 1. The lowest BCUT2D eigenvalue weighted by molar-refractivity contribution is -0.115. The molecule has 0 atom stereocenters. The molecule has 0 radical (unpaired) electrons. The molecule has 0 aliphatic rings. The molecule has 5 nitrogen and oxygen atoms in total. The van der Waals surface area contributed by atoms with Crippen LogP contribution < -0.4 is 15.4 Å². The molecule has 0 saturated carbocycles. The summed E-state index contributed by atoms with van der Waals surface area (Å²) in [5, 5.41) is 5.72. The van der Waals surface area contributed by atoms with E-state index in [1.165, 1.54) is 0 Å². The van der Waals surface area contributed by atoms with Gasteiger partial charge in [-0.2, -0.15) is 0 Å². The van der Waals surface area contributed by atoms with Gasteiger partial charge >= 0.3 is 0 Å². The second-order valence-electron chi connectivity index (χ2n) is 5.94. The Kier molecular flexibility index (Phi) is 7.48. The van der Waals surface area contributed by atoms with Crippen LogP contribution in [0.4, 0.5) is 5.69 Å². The van der Waals surface area contributed by atoms with Crippen LogP contribution >= 0.6 is 11.6 Å². The summed E-state index contributed by atoms with van der Waals surface area (Å²) < 4.78 is 5.56. The molecule has 0 spiro atoms. The van der Waals surface area contributed by atoms with E-state index in [4.69, 9.17) is 16.3 Å². The second-order valence-corrected chi connectivity index (χ2v) is 6.35. The summed E-state index contributed by atoms with van der Waals surface area (Å²) >= 11 is 6.08. The molecule has 6 heteroatoms. The largest absolute Gasteiger partial charge is 0.494 e. The minimum atomic E-state index is -0.344. The molecule has 0 aromatic heterocycles. The molecular weight excluding hydrogens is 352 g/mol. The molecule has 0 fully saturated rings. The average Bonchev–Trinajstić information content (AvgIpc) is 2.63. The Bertz CT molecular complexity index is 760. The third-order valence-corrected chi connectivity index (χ3v) is 4.00. The van der Waals surface area contributed by atoms with Crippen molar-refractivity contribution >= 4 is 29.1 Å². The van der Waals surface area contributed by atoms with Crippen molar-refractivity contribution in [2.24, 2.45) is 0 Å². The Labute approximate surface area is 158 Å². The van der Waals surface area contributed by atoms with E-state index in [-0.39, 0.29) is 18.4 Å². The van der Waals surface area contributed by atoms with Gasteiger partial charge in [0.2, 0.25) is 5.91 Å². The Morgan fingerprint density at radius 3 is 2.50 bits per heavy atom. The van der Waals surface area contributed by atoms with Gasteiger partial charge in [0.25, 0.3) is 5.91 Å². The minimum Gasteiger partial charge on any atom is -0.494 e. The van der Waals surface area contributed by atoms with Crippen LogP contribution in [0.5, 0.6) is 5.75 Å². The topological polar surface area (TPSA) is 67.4 Å². The summed E-state index contributed by atoms with van der Waals surface area (Å²) in [6.45, 7) is 4.53. The van der Waals surface area contributed by atoms with Crippen molar-refractivity contribution in [1.29, 1.82) is 0 Å². The first-order valence-electron chi connectivity index (χ1n) is 8.56. The lowest BCUT2D eigenvalue weighted by Crippen LogP contribution is -2.32. The summed E-state index contributed by atoms with van der Waals surface area (Å²) in [6.07, 6.45) is 2.05. The zero-order valence-electron chi connectivity index (χ0n) is 15.0. The number of hydrogen-bond acceptors (Lipinski definition) is 3. The number of unbranched alkanes of at least 4 members (excludes halogenated alkanes) is 1. The average molecular weight is 375 g/mol. The predicted molar refractivity (Wildman–Crippen MR) is 104 cm³/mol. The molecule has 2 rings (SSSR count). The molecule has 0 saturated heterocycles. The first kappa shape index (κ1) is 19.8. The van der Waals surface area contributed by atoms with E-state index >= 15 is 0 Å². The highest BCUT2D eigenvalue weighted by atomic mass is 35.5. The number of anilines is 1. The summed E-state index contributed by atoms with van der Waals surface area (Å²) in [5.41, 5.74) is 1.99. The Hall–Kier alpha value is -2.53. The number of rotatable bonds is 8. The van der Waals surface area contributed by atoms with Crippen LogP contribution in [0.3, 0.4) is 0 Å². The quantitative estimate of drug-likeness (QED) is 0.680. The fourth-order valence-electron chi connectivity index (χ4n) is 2.22. The highest BCUT2D eigenvalue weighted by Crippen LogP contribution is 2.22. The Morgan fingerprint density at radius 2 is 1.85 bits per heavy atom. The van der Waals surface area contributed by atoms with Gasteiger partial charge in [-0.15, -0.1) is 0 Å². The molecule has 138 valence electrons. The number of aryl methyl sites for hydroxylation is 1. The SMILES string of the molecule is CCCCOc1ccc(C(=O)NCC(=O)Nc2ccc(C)cc2Cl)cc1. The van der Waals surface area contributed by atoms with Gasteiger partial charge in [0, 0.05) is 5.56 Å². The van der Waals surface area contributed by atoms with E-state index in [2.05, 4.69) is 17.6 Å². The van der Waals surface area contributed by atoms with Crippen LogP contribution in [0.2, 0.25) is 5.02 Å². The molecular formula is C20H23ClN2O3. The maximum atomic E-state index is 12.1. The predicted octanol–water partition coefficient (Wildman–Crippen LogP) is 4.20. The van der Waals surface area contributed by atoms with Gasteiger partial charge in [-0.25, -0.2) is 0 Å². The lowest BCUT2D eigenvalue weighted by atomic mass is 10.2. The normalized spacial score (nSPS) is 10.3. The fraction of sp³-hybridized carbons (Fsp3) is 0.300. The molecule has 0 unspecified atom stereocenters. The highest BCUT2D eigenvalue weighted by Gasteiger charge is 2.10. The van der Waals surface area contributed by atoms with Crippen molar-refractivity contribution < 1.29 is 14.3 Å². The molecule has 0 heterocycles. The van der Waals surface area contributed by atoms with Crippen LogP contribution in [0, 0.1) is 6.92 Å². The molecule has 0 bridgehead atoms. The lowest BCUT2D eigenvalue weighted by Gasteiger charge is -2.09. The van der Waals surface area contributed by atoms with Crippen molar-refractivity contribution in [2.75, 3.05) is 18.5 Å². The molecule has 26 heavy (non-hydrogen) atoms. The monoisotopic (exact) mass is 374 g/mol. The minimum absolute atomic E-state index is 0.141. The van der Waals surface area contributed by atoms with Gasteiger partial charge < -0.3 is 15.4 Å². The van der Waals surface area contributed by atoms with Gasteiger partial charge in [-0.05, 0) is 55.3 Å². The van der Waals surface area contributed by atoms with Gasteiger partial charge in [0.05, 0.1) is 23.9 Å². The van der Waals surface area contributed by atoms with Crippen LogP contribution in [0.25, 0.3) is 0 Å². The number of carbonyl (C=O) groups excluding carboxylic acids is 2. The van der Waals surface area contributed by atoms with Crippen LogP contribution in [-0.4, -0.2) is 25.0 Å². The van der Waals surface area contributed by atoms with Gasteiger partial charge in [-0.3, -0.25) is 9.59 Å². The van der Waals surface area contributed by atoms with Crippen molar-refractivity contribution in [1.82, 2.24) is 5.32 Å². The van der Waals surface area contributed by atoms with Crippen molar-refractivity contribution in [3.8, 4) is 5.75 Å². The number of hydrogen-bond donors (Lipinski definition) is 2. The van der Waals surface area contributed by atoms with E-state index in [1.807, 2.05) is 13.0 Å². The molecule has 2 aromatic carbocycles. The van der Waals surface area contributed by atoms with E-state index < -0.39 is 0 Å². The zero-order valence-corrected chi connectivity index (χ0v) is 15.7. The number of amides is 2. The zero-order chi connectivity index (χ0) is 18.9. The summed E-state index contributed by atoms with van der Waals surface area (Å²) in [4.78, 5) is 24.1. The third-order valence-electron chi connectivity index (χ3n) is 3.69. The Morgan fingerprint density at radius 1 is 1.12 bits per heavy atom. The van der Waals surface area contributed by atoms with Gasteiger partial charge in [0.1, 0.15) is 5.75 Å². The standard InChI is InChI=1S/C20H23ClN2O3/c1-3-4-11-26-16-8-6-15(7-9-16)20(25)22-13-19(24)23-18-10-5-14(2)12-17(18)21/h5-10,12H,3-4,11,13H2,1-2H3,(H,22,25)(H,23,24). The first-order valence-corrected chi connectivity index (χ1v) is 8.94. The molecule has 0 aliphatic carbocycles. The van der Waals surface area contributed by atoms with E-state index in [0.29, 0.717) is 22.9 Å². The van der Waals surface area contributed by atoms with Gasteiger partial charge in [-0.1, -0.05) is 31.0 Å². The van der Waals surface area contributed by atoms with E-state index in [1.54, 1.807) is 36.4 Å². The number of nitrogens with one attached hydrogen (secondary N) is 2. The molecule has 2 amide bonds. The molecule has 2 N–H and O–H groups in total. The number of benzene rings is 2. The summed E-state index contributed by atoms with van der Waals surface area (Å²) in [7, 11) is 0. The second kappa shape index (κ2) is 9.82.